The first kappa shape index (κ1) is 23.2. The molecule has 10 heteroatoms. The second kappa shape index (κ2) is 9.24. The molecule has 0 aromatic carbocycles. The fourth-order valence-corrected chi connectivity index (χ4v) is 5.90. The van der Waals surface area contributed by atoms with E-state index in [1.165, 1.54) is 31.1 Å². The van der Waals surface area contributed by atoms with Gasteiger partial charge in [0.1, 0.15) is 5.82 Å². The van der Waals surface area contributed by atoms with Crippen LogP contribution in [0.5, 0.6) is 0 Å². The summed E-state index contributed by atoms with van der Waals surface area (Å²) < 4.78 is 11.2. The second-order valence-electron chi connectivity index (χ2n) is 9.37. The molecule has 1 aliphatic carbocycles. The van der Waals surface area contributed by atoms with Crippen molar-refractivity contribution >= 4 is 34.1 Å². The molecule has 34 heavy (non-hydrogen) atoms. The monoisotopic (exact) mass is 485 g/mol. The van der Waals surface area contributed by atoms with Crippen LogP contribution in [0.4, 0.5) is 10.9 Å². The Hall–Kier alpha value is -2.56. The van der Waals surface area contributed by atoms with Crippen molar-refractivity contribution in [1.29, 1.82) is 0 Å². The lowest BCUT2D eigenvalue weighted by Crippen LogP contribution is -2.49. The Balaban J connectivity index is 1.60. The van der Waals surface area contributed by atoms with Crippen LogP contribution in [0, 0.1) is 12.8 Å². The van der Waals surface area contributed by atoms with E-state index in [9.17, 15) is 9.59 Å². The first-order valence-corrected chi connectivity index (χ1v) is 12.6. The van der Waals surface area contributed by atoms with E-state index in [0.29, 0.717) is 55.3 Å². The number of thiazole rings is 1. The number of nitrogens with zero attached hydrogens (tertiary/aromatic N) is 4. The van der Waals surface area contributed by atoms with Crippen LogP contribution in [0.1, 0.15) is 48.3 Å². The minimum absolute atomic E-state index is 0.0224. The van der Waals surface area contributed by atoms with Crippen molar-refractivity contribution < 1.29 is 19.1 Å². The predicted molar refractivity (Wildman–Crippen MR) is 130 cm³/mol. The summed E-state index contributed by atoms with van der Waals surface area (Å²) in [6.07, 6.45) is 2.37. The average Bonchev–Trinajstić information content (AvgIpc) is 3.52. The number of methoxy groups -OCH3 is 1. The number of aryl methyl sites for hydroxylation is 1. The van der Waals surface area contributed by atoms with Gasteiger partial charge < -0.3 is 24.6 Å². The lowest BCUT2D eigenvalue weighted by molar-refractivity contribution is -0.114. The number of fused-ring (bicyclic) bond motifs is 1. The molecule has 2 aliphatic heterocycles. The number of aromatic nitrogens is 2. The molecule has 9 nitrogen and oxygen atoms in total. The summed E-state index contributed by atoms with van der Waals surface area (Å²) >= 11 is 1.40. The molecule has 1 saturated carbocycles. The molecule has 4 heterocycles. The van der Waals surface area contributed by atoms with Crippen molar-refractivity contribution in [2.24, 2.45) is 5.92 Å². The van der Waals surface area contributed by atoms with Crippen LogP contribution in [0.25, 0.3) is 10.6 Å². The van der Waals surface area contributed by atoms with E-state index >= 15 is 0 Å². The lowest BCUT2D eigenvalue weighted by Gasteiger charge is -2.37. The molecule has 0 bridgehead atoms. The molecular weight excluding hydrogens is 454 g/mol. The van der Waals surface area contributed by atoms with Crippen molar-refractivity contribution in [3.63, 3.8) is 0 Å². The number of ether oxygens (including phenoxy) is 2. The zero-order valence-corrected chi connectivity index (χ0v) is 20.9. The van der Waals surface area contributed by atoms with E-state index in [4.69, 9.17) is 14.5 Å². The highest BCUT2D eigenvalue weighted by molar-refractivity contribution is 7.19. The van der Waals surface area contributed by atoms with Gasteiger partial charge in [0.2, 0.25) is 5.91 Å². The molecule has 1 saturated heterocycles. The summed E-state index contributed by atoms with van der Waals surface area (Å²) in [7, 11) is 1.68. The van der Waals surface area contributed by atoms with Crippen molar-refractivity contribution in [2.75, 3.05) is 43.7 Å². The maximum Gasteiger partial charge on any atom is 0.258 e. The number of hydrogen-bond acceptors (Lipinski definition) is 8. The Kier molecular flexibility index (Phi) is 6.30. The predicted octanol–water partition coefficient (Wildman–Crippen LogP) is 3.08. The van der Waals surface area contributed by atoms with Gasteiger partial charge in [0.25, 0.3) is 5.91 Å². The maximum absolute atomic E-state index is 13.7. The van der Waals surface area contributed by atoms with E-state index in [1.54, 1.807) is 7.11 Å². The number of nitrogens with one attached hydrogen (secondary N) is 1. The summed E-state index contributed by atoms with van der Waals surface area (Å²) in [6.45, 7) is 8.36. The SMILES string of the molecule is COC[C@H]1COCCN1c1nc(-c2sc(NC(C)=O)nc2C)cc2c1C(=O)N([C@@H](C)C1CC1)C2. The van der Waals surface area contributed by atoms with Gasteiger partial charge >= 0.3 is 0 Å². The first-order chi connectivity index (χ1) is 16.4. The number of morpholine rings is 1. The molecule has 2 aromatic heterocycles. The Morgan fingerprint density at radius 1 is 1.38 bits per heavy atom. The van der Waals surface area contributed by atoms with Crippen molar-refractivity contribution in [3.8, 4) is 10.6 Å². The third-order valence-electron chi connectivity index (χ3n) is 6.86. The number of carbonyl (C=O) groups excluding carboxylic acids is 2. The Bertz CT molecular complexity index is 1110. The van der Waals surface area contributed by atoms with E-state index in [2.05, 4.69) is 22.1 Å². The highest BCUT2D eigenvalue weighted by Gasteiger charge is 2.42. The first-order valence-electron chi connectivity index (χ1n) is 11.8. The topological polar surface area (TPSA) is 96.9 Å². The molecule has 3 aliphatic rings. The van der Waals surface area contributed by atoms with Gasteiger partial charge in [-0.2, -0.15) is 0 Å². The third kappa shape index (κ3) is 4.30. The molecular formula is C24H31N5O4S. The summed E-state index contributed by atoms with van der Waals surface area (Å²) in [5.41, 5.74) is 3.27. The molecule has 0 spiro atoms. The van der Waals surface area contributed by atoms with Crippen LogP contribution in [0.3, 0.4) is 0 Å². The smallest absolute Gasteiger partial charge is 0.258 e. The highest BCUT2D eigenvalue weighted by atomic mass is 32.1. The van der Waals surface area contributed by atoms with Gasteiger partial charge in [0, 0.05) is 33.2 Å². The number of rotatable bonds is 7. The fourth-order valence-electron chi connectivity index (χ4n) is 4.93. The van der Waals surface area contributed by atoms with Gasteiger partial charge in [-0.25, -0.2) is 9.97 Å². The number of carbonyl (C=O) groups is 2. The highest BCUT2D eigenvalue weighted by Crippen LogP contribution is 2.42. The van der Waals surface area contributed by atoms with E-state index < -0.39 is 0 Å². The molecule has 2 atom stereocenters. The molecule has 182 valence electrons. The van der Waals surface area contributed by atoms with Gasteiger partial charge in [-0.15, -0.1) is 0 Å². The van der Waals surface area contributed by atoms with Crippen molar-refractivity contribution in [1.82, 2.24) is 14.9 Å². The molecule has 5 rings (SSSR count). The maximum atomic E-state index is 13.7. The van der Waals surface area contributed by atoms with Gasteiger partial charge in [-0.1, -0.05) is 11.3 Å². The number of pyridine rings is 1. The second-order valence-corrected chi connectivity index (χ2v) is 10.4. The normalized spacial score (nSPS) is 21.1. The quantitative estimate of drug-likeness (QED) is 0.644. The van der Waals surface area contributed by atoms with Gasteiger partial charge in [-0.3, -0.25) is 9.59 Å². The number of anilines is 2. The Morgan fingerprint density at radius 2 is 2.18 bits per heavy atom. The molecule has 2 aromatic rings. The van der Waals surface area contributed by atoms with E-state index in [-0.39, 0.29) is 23.9 Å². The third-order valence-corrected chi connectivity index (χ3v) is 7.96. The largest absolute Gasteiger partial charge is 0.382 e. The Labute approximate surface area is 203 Å². The summed E-state index contributed by atoms with van der Waals surface area (Å²) in [5, 5.41) is 3.32. The van der Waals surface area contributed by atoms with Gasteiger partial charge in [-0.05, 0) is 44.2 Å². The summed E-state index contributed by atoms with van der Waals surface area (Å²) in [5.74, 6) is 1.19. The molecule has 2 fully saturated rings. The number of hydrogen-bond donors (Lipinski definition) is 1. The lowest BCUT2D eigenvalue weighted by atomic mass is 10.1. The van der Waals surface area contributed by atoms with Crippen LogP contribution in [0.2, 0.25) is 0 Å². The molecule has 0 radical (unpaired) electrons. The van der Waals surface area contributed by atoms with Crippen LogP contribution in [-0.4, -0.2) is 72.2 Å². The van der Waals surface area contributed by atoms with Gasteiger partial charge in [0.05, 0.1) is 47.7 Å². The average molecular weight is 486 g/mol. The number of amides is 2. The standard InChI is InChI=1S/C24H31N5O4S/c1-13-21(34-24(25-13)26-15(3)30)19-9-17-10-29(14(2)16-5-6-16)23(31)20(17)22(27-19)28-7-8-33-12-18(28)11-32-4/h9,14,16,18H,5-8,10-12H2,1-4H3,(H,25,26,30)/t14-,18-/m0/s1. The minimum Gasteiger partial charge on any atom is -0.382 e. The molecule has 1 N–H and O–H groups in total. The van der Waals surface area contributed by atoms with Crippen LogP contribution in [-0.2, 0) is 20.8 Å². The van der Waals surface area contributed by atoms with Gasteiger partial charge in [0.15, 0.2) is 5.13 Å². The zero-order valence-electron chi connectivity index (χ0n) is 20.1. The fraction of sp³-hybridized carbons (Fsp3) is 0.583. The van der Waals surface area contributed by atoms with Crippen LogP contribution in [0.15, 0.2) is 6.07 Å². The van der Waals surface area contributed by atoms with Crippen LogP contribution < -0.4 is 10.2 Å². The summed E-state index contributed by atoms with van der Waals surface area (Å²) in [4.78, 5) is 39.9. The van der Waals surface area contributed by atoms with E-state index in [1.807, 2.05) is 17.9 Å². The minimum atomic E-state index is -0.158. The van der Waals surface area contributed by atoms with Crippen LogP contribution >= 0.6 is 11.3 Å². The Morgan fingerprint density at radius 3 is 2.88 bits per heavy atom. The molecule has 2 amide bonds. The van der Waals surface area contributed by atoms with Crippen molar-refractivity contribution in [2.45, 2.75) is 52.2 Å². The zero-order chi connectivity index (χ0) is 24.0. The molecule has 0 unspecified atom stereocenters. The van der Waals surface area contributed by atoms with Crippen molar-refractivity contribution in [3.05, 3.63) is 22.9 Å². The van der Waals surface area contributed by atoms with E-state index in [0.717, 1.165) is 21.8 Å². The summed E-state index contributed by atoms with van der Waals surface area (Å²) in [6, 6.07) is 2.22.